The smallest absolute Gasteiger partial charge is 0.402 e. The molecule has 0 saturated heterocycles. The maximum atomic E-state index is 14.9. The van der Waals surface area contributed by atoms with Gasteiger partial charge in [-0.2, -0.15) is 13.2 Å². The number of benzene rings is 6. The molecule has 4 heterocycles. The molecule has 0 amide bonds. The van der Waals surface area contributed by atoms with Crippen LogP contribution in [0.1, 0.15) is 23.6 Å². The zero-order chi connectivity index (χ0) is 47.8. The van der Waals surface area contributed by atoms with Crippen molar-refractivity contribution in [3.05, 3.63) is 209 Å². The van der Waals surface area contributed by atoms with Crippen molar-refractivity contribution in [3.63, 3.8) is 0 Å². The van der Waals surface area contributed by atoms with Crippen LogP contribution in [0, 0.1) is 6.92 Å². The normalized spacial score (nSPS) is 13.0. The summed E-state index contributed by atoms with van der Waals surface area (Å²) in [6, 6.07) is 22.4. The van der Waals surface area contributed by atoms with Crippen LogP contribution in [-0.2, 0) is 12.5 Å². The third kappa shape index (κ3) is 5.98. The van der Waals surface area contributed by atoms with Crippen LogP contribution in [0.15, 0.2) is 148 Å². The van der Waals surface area contributed by atoms with Crippen molar-refractivity contribution in [1.29, 1.82) is 0 Å². The first-order valence-corrected chi connectivity index (χ1v) is 20.1. The Kier molecular flexibility index (Phi) is 8.96. The second kappa shape index (κ2) is 14.3. The van der Waals surface area contributed by atoms with Gasteiger partial charge in [-0.25, -0.2) is 13.7 Å². The predicted molar refractivity (Wildman–Crippen MR) is 242 cm³/mol. The predicted octanol–water partition coefficient (Wildman–Crippen LogP) is 5.02. The third-order valence-corrected chi connectivity index (χ3v) is 12.5. The summed E-state index contributed by atoms with van der Waals surface area (Å²) in [5.74, 6) is -0.404. The van der Waals surface area contributed by atoms with E-state index < -0.39 is 73.1 Å². The standard InChI is InChI=1S/C49H29F3N4O11/c1-22-16-23(4-14-38(22)57)48(2,49(50,51)52)24-5-15-39(58)37(17-24)56-46(65)35-20-33-34(21-36(35)47(56)66)45(64)55(44(33)63)26-8-12-28(13-9-26)67-27-10-6-25(7-11-27)54-42(61)31-18-29-30(19-32(31)43(54)62)41(60)53(3)40(29)59/h4-21,57-58H,1-3H3. The fourth-order valence-corrected chi connectivity index (χ4v) is 8.69. The average molecular weight is 907 g/mol. The average Bonchev–Trinajstić information content (AvgIpc) is 3.88. The molecule has 0 spiro atoms. The van der Waals surface area contributed by atoms with E-state index in [0.29, 0.717) is 4.57 Å². The molecule has 15 nitrogen and oxygen atoms in total. The van der Waals surface area contributed by atoms with Crippen molar-refractivity contribution < 1.29 is 28.1 Å². The summed E-state index contributed by atoms with van der Waals surface area (Å²) in [4.78, 5) is 107. The number of rotatable bonds is 7. The van der Waals surface area contributed by atoms with Gasteiger partial charge < -0.3 is 14.9 Å². The number of halogens is 3. The number of aromatic hydroxyl groups is 2. The molecule has 10 aromatic rings. The zero-order valence-corrected chi connectivity index (χ0v) is 34.9. The fourth-order valence-electron chi connectivity index (χ4n) is 8.69. The van der Waals surface area contributed by atoms with E-state index in [4.69, 9.17) is 4.74 Å². The maximum absolute atomic E-state index is 14.9. The Labute approximate surface area is 369 Å². The van der Waals surface area contributed by atoms with Gasteiger partial charge in [0.1, 0.15) is 28.4 Å². The Morgan fingerprint density at radius 1 is 0.448 bits per heavy atom. The van der Waals surface area contributed by atoms with Crippen LogP contribution in [0.4, 0.5) is 13.2 Å². The van der Waals surface area contributed by atoms with Crippen LogP contribution in [-0.4, -0.2) is 34.7 Å². The van der Waals surface area contributed by atoms with Crippen molar-refractivity contribution >= 4 is 43.1 Å². The van der Waals surface area contributed by atoms with Gasteiger partial charge in [-0.3, -0.25) is 42.9 Å². The molecule has 0 bridgehead atoms. The monoisotopic (exact) mass is 906 g/mol. The number of fused-ring (bicyclic) bond motifs is 4. The molecule has 1 atom stereocenters. The van der Waals surface area contributed by atoms with Crippen molar-refractivity contribution in [1.82, 2.24) is 18.3 Å². The van der Waals surface area contributed by atoms with E-state index in [0.717, 1.165) is 69.2 Å². The minimum absolute atomic E-state index is 0.0172. The Balaban J connectivity index is 0.952. The third-order valence-electron chi connectivity index (χ3n) is 12.5. The lowest BCUT2D eigenvalue weighted by molar-refractivity contribution is -0.173. The van der Waals surface area contributed by atoms with E-state index >= 15 is 0 Å². The van der Waals surface area contributed by atoms with Gasteiger partial charge >= 0.3 is 6.18 Å². The number of alkyl halides is 3. The lowest BCUT2D eigenvalue weighted by Gasteiger charge is -2.34. The highest BCUT2D eigenvalue weighted by atomic mass is 19.4. The summed E-state index contributed by atoms with van der Waals surface area (Å²) >= 11 is 0. The molecule has 6 aromatic carbocycles. The SMILES string of the molecule is Cc1cc(C(C)(c2ccc(O)c(-n3c(=O)c4cc5c(=O)n(-c6ccc(Oc7ccc(-n8c(=O)c9cc%10c(=O)n(C)c(=O)c%10cc9c8=O)cc7)cc6)c(=O)c5cc4c3=O)c2)C(F)(F)F)ccc1O. The number of hydrogen-bond acceptors (Lipinski definition) is 11. The molecule has 0 radical (unpaired) electrons. The van der Waals surface area contributed by atoms with Crippen LogP contribution >= 0.6 is 0 Å². The maximum Gasteiger partial charge on any atom is 0.402 e. The van der Waals surface area contributed by atoms with E-state index in [1.165, 1.54) is 74.6 Å². The summed E-state index contributed by atoms with van der Waals surface area (Å²) in [7, 11) is 1.31. The van der Waals surface area contributed by atoms with E-state index in [2.05, 4.69) is 0 Å². The van der Waals surface area contributed by atoms with Gasteiger partial charge in [-0.15, -0.1) is 0 Å². The number of aromatic nitrogens is 4. The highest BCUT2D eigenvalue weighted by Gasteiger charge is 2.54. The van der Waals surface area contributed by atoms with E-state index in [1.807, 2.05) is 0 Å². The zero-order valence-electron chi connectivity index (χ0n) is 34.9. The molecule has 1 unspecified atom stereocenters. The molecule has 2 N–H and O–H groups in total. The summed E-state index contributed by atoms with van der Waals surface area (Å²) < 4.78 is 53.9. The first-order valence-electron chi connectivity index (χ1n) is 20.1. The number of hydrogen-bond donors (Lipinski definition) is 2. The summed E-state index contributed by atoms with van der Waals surface area (Å²) in [6.45, 7) is 2.31. The van der Waals surface area contributed by atoms with Gasteiger partial charge in [0.05, 0.1) is 60.2 Å². The Hall–Kier alpha value is -8.93. The lowest BCUT2D eigenvalue weighted by Crippen LogP contribution is -2.41. The number of ether oxygens (including phenoxy) is 1. The Bertz CT molecular complexity index is 4080. The van der Waals surface area contributed by atoms with E-state index in [1.54, 1.807) is 0 Å². The molecule has 4 aromatic heterocycles. The molecule has 0 fully saturated rings. The van der Waals surface area contributed by atoms with Gasteiger partial charge in [0.2, 0.25) is 0 Å². The highest BCUT2D eigenvalue weighted by Crippen LogP contribution is 2.48. The summed E-state index contributed by atoms with van der Waals surface area (Å²) in [6.07, 6.45) is -4.94. The van der Waals surface area contributed by atoms with Gasteiger partial charge in [-0.05, 0) is 122 Å². The van der Waals surface area contributed by atoms with E-state index in [9.17, 15) is 61.7 Å². The molecule has 10 rings (SSSR count). The molecule has 0 aliphatic heterocycles. The van der Waals surface area contributed by atoms with Crippen molar-refractivity contribution in [2.24, 2.45) is 7.05 Å². The molecule has 0 saturated carbocycles. The Morgan fingerprint density at radius 3 is 1.16 bits per heavy atom. The second-order valence-corrected chi connectivity index (χ2v) is 16.3. The number of phenols is 2. The molecule has 18 heteroatoms. The summed E-state index contributed by atoms with van der Waals surface area (Å²) in [5, 5.41) is 19.8. The lowest BCUT2D eigenvalue weighted by atomic mass is 9.75. The van der Waals surface area contributed by atoms with Gasteiger partial charge in [0, 0.05) is 7.05 Å². The molecule has 332 valence electrons. The first kappa shape index (κ1) is 42.0. The highest BCUT2D eigenvalue weighted by molar-refractivity contribution is 5.99. The number of phenolic OH excluding ortho intramolecular Hbond substituents is 2. The fraction of sp³-hybridized carbons (Fsp3) is 0.102. The molecule has 0 aliphatic carbocycles. The Morgan fingerprint density at radius 2 is 0.791 bits per heavy atom. The molecular weight excluding hydrogens is 878 g/mol. The molecule has 67 heavy (non-hydrogen) atoms. The minimum atomic E-state index is -4.94. The van der Waals surface area contributed by atoms with Crippen molar-refractivity contribution in [3.8, 4) is 40.1 Å². The van der Waals surface area contributed by atoms with Crippen LogP contribution in [0.25, 0.3) is 60.2 Å². The molecular formula is C49H29F3N4O11. The van der Waals surface area contributed by atoms with Crippen molar-refractivity contribution in [2.75, 3.05) is 0 Å². The van der Waals surface area contributed by atoms with Crippen molar-refractivity contribution in [2.45, 2.75) is 25.4 Å². The van der Waals surface area contributed by atoms with Gasteiger partial charge in [0.25, 0.3) is 44.5 Å². The number of nitrogens with zero attached hydrogens (tertiary/aromatic N) is 4. The minimum Gasteiger partial charge on any atom is -0.508 e. The van der Waals surface area contributed by atoms with E-state index in [-0.39, 0.29) is 82.8 Å². The van der Waals surface area contributed by atoms with Gasteiger partial charge in [-0.1, -0.05) is 18.2 Å². The topological polar surface area (TPSA) is 206 Å². The quantitative estimate of drug-likeness (QED) is 0.217. The molecule has 0 aliphatic rings. The van der Waals surface area contributed by atoms with Gasteiger partial charge in [0.15, 0.2) is 0 Å². The second-order valence-electron chi connectivity index (χ2n) is 16.3. The largest absolute Gasteiger partial charge is 0.508 e. The van der Waals surface area contributed by atoms with Crippen LogP contribution in [0.3, 0.4) is 0 Å². The number of aryl methyl sites for hydroxylation is 1. The van der Waals surface area contributed by atoms with Crippen LogP contribution in [0.2, 0.25) is 0 Å². The first-order chi connectivity index (χ1) is 31.7. The van der Waals surface area contributed by atoms with Crippen LogP contribution in [0.5, 0.6) is 23.0 Å². The summed E-state index contributed by atoms with van der Waals surface area (Å²) in [5.41, 5.74) is -9.89. The van der Waals surface area contributed by atoms with Crippen LogP contribution < -0.4 is 49.2 Å².